The van der Waals surface area contributed by atoms with Crippen LogP contribution in [0.5, 0.6) is 0 Å². The topological polar surface area (TPSA) is 47.6 Å². The zero-order chi connectivity index (χ0) is 13.5. The van der Waals surface area contributed by atoms with E-state index in [0.29, 0.717) is 30.8 Å². The molecule has 2 atom stereocenters. The number of esters is 1. The van der Waals surface area contributed by atoms with Crippen molar-refractivity contribution in [2.45, 2.75) is 39.0 Å². The van der Waals surface area contributed by atoms with Gasteiger partial charge in [0.2, 0.25) is 0 Å². The van der Waals surface area contributed by atoms with Crippen molar-refractivity contribution in [3.8, 4) is 0 Å². The van der Waals surface area contributed by atoms with Crippen molar-refractivity contribution in [2.24, 2.45) is 17.8 Å². The summed E-state index contributed by atoms with van der Waals surface area (Å²) in [7, 11) is 0. The quantitative estimate of drug-likeness (QED) is 0.775. The average Bonchev–Trinajstić information content (AvgIpc) is 2.47. The molecule has 2 saturated heterocycles. The first kappa shape index (κ1) is 14.8. The van der Waals surface area contributed by atoms with E-state index in [9.17, 15) is 4.79 Å². The maximum absolute atomic E-state index is 11.9. The molecule has 2 unspecified atom stereocenters. The number of hydrogen-bond donors (Lipinski definition) is 1. The third-order valence-electron chi connectivity index (χ3n) is 4.45. The Balaban J connectivity index is 1.62. The van der Waals surface area contributed by atoms with Gasteiger partial charge in [0.25, 0.3) is 0 Å². The molecule has 2 aliphatic rings. The Bertz CT molecular complexity index is 271. The first-order valence-electron chi connectivity index (χ1n) is 7.70. The minimum Gasteiger partial charge on any atom is -0.465 e. The summed E-state index contributed by atoms with van der Waals surface area (Å²) in [5.74, 6) is 1.54. The van der Waals surface area contributed by atoms with Gasteiger partial charge in [0.15, 0.2) is 0 Å². The Hall–Kier alpha value is -0.610. The van der Waals surface area contributed by atoms with Crippen molar-refractivity contribution in [2.75, 3.05) is 32.9 Å². The van der Waals surface area contributed by atoms with Crippen molar-refractivity contribution < 1.29 is 14.3 Å². The van der Waals surface area contributed by atoms with Crippen LogP contribution in [0.15, 0.2) is 0 Å². The lowest BCUT2D eigenvalue weighted by Gasteiger charge is -2.28. The zero-order valence-corrected chi connectivity index (χ0v) is 12.0. The molecule has 4 heteroatoms. The second kappa shape index (κ2) is 7.85. The average molecular weight is 269 g/mol. The molecule has 110 valence electrons. The van der Waals surface area contributed by atoms with E-state index < -0.39 is 0 Å². The van der Waals surface area contributed by atoms with Crippen LogP contribution in [0, 0.1) is 17.8 Å². The Morgan fingerprint density at radius 3 is 2.84 bits per heavy atom. The smallest absolute Gasteiger partial charge is 0.306 e. The highest BCUT2D eigenvalue weighted by Crippen LogP contribution is 2.23. The molecule has 0 saturated carbocycles. The summed E-state index contributed by atoms with van der Waals surface area (Å²) in [5, 5.41) is 3.41. The summed E-state index contributed by atoms with van der Waals surface area (Å²) in [6.45, 7) is 6.55. The first-order valence-corrected chi connectivity index (χ1v) is 7.70. The van der Waals surface area contributed by atoms with Crippen LogP contribution >= 0.6 is 0 Å². The SMILES string of the molecule is CC(CC(=O)OCC1CCOCC1)C1CCCNC1. The molecule has 1 N–H and O–H groups in total. The van der Waals surface area contributed by atoms with Gasteiger partial charge in [0.1, 0.15) is 0 Å². The summed E-state index contributed by atoms with van der Waals surface area (Å²) in [6.07, 6.45) is 5.08. The molecule has 2 aliphatic heterocycles. The third-order valence-corrected chi connectivity index (χ3v) is 4.45. The summed E-state index contributed by atoms with van der Waals surface area (Å²) in [6, 6.07) is 0. The van der Waals surface area contributed by atoms with Crippen LogP contribution in [0.3, 0.4) is 0 Å². The number of piperidine rings is 1. The Kier molecular flexibility index (Phi) is 6.11. The van der Waals surface area contributed by atoms with Gasteiger partial charge in [-0.2, -0.15) is 0 Å². The molecule has 2 rings (SSSR count). The van der Waals surface area contributed by atoms with Crippen LogP contribution in [0.4, 0.5) is 0 Å². The van der Waals surface area contributed by atoms with Gasteiger partial charge >= 0.3 is 5.97 Å². The van der Waals surface area contributed by atoms with E-state index in [1.165, 1.54) is 12.8 Å². The highest BCUT2D eigenvalue weighted by Gasteiger charge is 2.23. The molecule has 0 amide bonds. The predicted octanol–water partition coefficient (Wildman–Crippen LogP) is 1.98. The van der Waals surface area contributed by atoms with Crippen LogP contribution in [0.25, 0.3) is 0 Å². The van der Waals surface area contributed by atoms with Crippen molar-refractivity contribution in [3.05, 3.63) is 0 Å². The molecule has 0 aliphatic carbocycles. The lowest BCUT2D eigenvalue weighted by molar-refractivity contribution is -0.147. The van der Waals surface area contributed by atoms with Crippen LogP contribution in [0.1, 0.15) is 39.0 Å². The predicted molar refractivity (Wildman–Crippen MR) is 73.9 cm³/mol. The van der Waals surface area contributed by atoms with Crippen molar-refractivity contribution in [1.82, 2.24) is 5.32 Å². The van der Waals surface area contributed by atoms with Gasteiger partial charge in [0.05, 0.1) is 6.61 Å². The highest BCUT2D eigenvalue weighted by atomic mass is 16.5. The Labute approximate surface area is 116 Å². The molecular weight excluding hydrogens is 242 g/mol. The summed E-state index contributed by atoms with van der Waals surface area (Å²) in [5.41, 5.74) is 0. The van der Waals surface area contributed by atoms with E-state index in [0.717, 1.165) is 39.1 Å². The van der Waals surface area contributed by atoms with Gasteiger partial charge in [-0.3, -0.25) is 4.79 Å². The Morgan fingerprint density at radius 2 is 2.16 bits per heavy atom. The minimum atomic E-state index is -0.0236. The standard InChI is InChI=1S/C15H27NO3/c1-12(14-3-2-6-16-10-14)9-15(17)19-11-13-4-7-18-8-5-13/h12-14,16H,2-11H2,1H3. The maximum Gasteiger partial charge on any atom is 0.306 e. The maximum atomic E-state index is 11.9. The molecule has 2 heterocycles. The van der Waals surface area contributed by atoms with Gasteiger partial charge in [-0.25, -0.2) is 0 Å². The molecule has 0 aromatic rings. The van der Waals surface area contributed by atoms with Gasteiger partial charge < -0.3 is 14.8 Å². The van der Waals surface area contributed by atoms with Crippen LogP contribution in [-0.4, -0.2) is 38.9 Å². The number of hydrogen-bond acceptors (Lipinski definition) is 4. The lowest BCUT2D eigenvalue weighted by Crippen LogP contribution is -2.34. The van der Waals surface area contributed by atoms with E-state index >= 15 is 0 Å². The molecule has 0 aromatic carbocycles. The summed E-state index contributed by atoms with van der Waals surface area (Å²) in [4.78, 5) is 11.9. The van der Waals surface area contributed by atoms with Crippen LogP contribution in [0.2, 0.25) is 0 Å². The van der Waals surface area contributed by atoms with E-state index in [1.807, 2.05) is 0 Å². The number of rotatable bonds is 5. The minimum absolute atomic E-state index is 0.0236. The largest absolute Gasteiger partial charge is 0.465 e. The van der Waals surface area contributed by atoms with Gasteiger partial charge in [-0.1, -0.05) is 6.92 Å². The van der Waals surface area contributed by atoms with E-state index in [2.05, 4.69) is 12.2 Å². The molecule has 0 spiro atoms. The normalized spacial score (nSPS) is 26.9. The zero-order valence-electron chi connectivity index (χ0n) is 12.0. The molecule has 19 heavy (non-hydrogen) atoms. The lowest BCUT2D eigenvalue weighted by atomic mass is 9.85. The highest BCUT2D eigenvalue weighted by molar-refractivity contribution is 5.69. The van der Waals surface area contributed by atoms with Gasteiger partial charge in [0, 0.05) is 19.6 Å². The fraction of sp³-hybridized carbons (Fsp3) is 0.933. The molecule has 0 aromatic heterocycles. The van der Waals surface area contributed by atoms with Gasteiger partial charge in [-0.15, -0.1) is 0 Å². The monoisotopic (exact) mass is 269 g/mol. The third kappa shape index (κ3) is 5.11. The molecule has 4 nitrogen and oxygen atoms in total. The second-order valence-corrected chi connectivity index (χ2v) is 6.03. The van der Waals surface area contributed by atoms with Crippen LogP contribution < -0.4 is 5.32 Å². The first-order chi connectivity index (χ1) is 9.25. The number of nitrogens with one attached hydrogen (secondary N) is 1. The van der Waals surface area contributed by atoms with E-state index in [4.69, 9.17) is 9.47 Å². The van der Waals surface area contributed by atoms with Crippen LogP contribution in [-0.2, 0) is 14.3 Å². The summed E-state index contributed by atoms with van der Waals surface area (Å²) < 4.78 is 10.7. The van der Waals surface area contributed by atoms with Crippen molar-refractivity contribution >= 4 is 5.97 Å². The number of carbonyl (C=O) groups is 1. The van der Waals surface area contributed by atoms with E-state index in [-0.39, 0.29) is 5.97 Å². The van der Waals surface area contributed by atoms with Crippen molar-refractivity contribution in [1.29, 1.82) is 0 Å². The fourth-order valence-electron chi connectivity index (χ4n) is 2.98. The second-order valence-electron chi connectivity index (χ2n) is 6.03. The molecule has 2 fully saturated rings. The fourth-order valence-corrected chi connectivity index (χ4v) is 2.98. The van der Waals surface area contributed by atoms with Gasteiger partial charge in [-0.05, 0) is 56.5 Å². The Morgan fingerprint density at radius 1 is 1.37 bits per heavy atom. The van der Waals surface area contributed by atoms with Crippen molar-refractivity contribution in [3.63, 3.8) is 0 Å². The molecular formula is C15H27NO3. The molecule has 0 radical (unpaired) electrons. The number of ether oxygens (including phenoxy) is 2. The summed E-state index contributed by atoms with van der Waals surface area (Å²) >= 11 is 0. The number of carbonyl (C=O) groups excluding carboxylic acids is 1. The molecule has 0 bridgehead atoms. The van der Waals surface area contributed by atoms with E-state index in [1.54, 1.807) is 0 Å².